The summed E-state index contributed by atoms with van der Waals surface area (Å²) in [4.78, 5) is 4.76. The largest absolute Gasteiger partial charge is 0.191 e. The Morgan fingerprint density at radius 2 is 0.694 bits per heavy atom. The van der Waals surface area contributed by atoms with Gasteiger partial charge in [0.25, 0.3) is 0 Å². The first kappa shape index (κ1) is 23.3. The number of nitrogens with zero attached hydrogens (tertiary/aromatic N) is 2. The van der Waals surface area contributed by atoms with Crippen LogP contribution < -0.4 is 0 Å². The molecule has 0 atom stereocenters. The van der Waals surface area contributed by atoms with Gasteiger partial charge in [-0.15, -0.1) is 0 Å². The van der Waals surface area contributed by atoms with Crippen molar-refractivity contribution in [2.24, 2.45) is 0 Å². The summed E-state index contributed by atoms with van der Waals surface area (Å²) in [6.07, 6.45) is 0. The molecule has 2 aromatic heterocycles. The van der Waals surface area contributed by atoms with Gasteiger partial charge in [0.05, 0.1) is 30.9 Å². The van der Waals surface area contributed by atoms with Crippen LogP contribution in [-0.4, -0.2) is 8.75 Å². The third kappa shape index (κ3) is 4.77. The van der Waals surface area contributed by atoms with Crippen molar-refractivity contribution >= 4 is 44.7 Å². The van der Waals surface area contributed by atoms with E-state index in [1.165, 1.54) is 30.7 Å². The van der Waals surface area contributed by atoms with Gasteiger partial charge in [0.2, 0.25) is 0 Å². The summed E-state index contributed by atoms with van der Waals surface area (Å²) in [5.41, 5.74) is 6.71. The second-order valence-corrected chi connectivity index (χ2v) is 11.7. The second-order valence-electron chi connectivity index (χ2n) is 8.01. The highest BCUT2D eigenvalue weighted by molar-refractivity contribution is 8.76. The smallest absolute Gasteiger partial charge is 0.0991 e. The maximum absolute atomic E-state index is 4.92. The molecule has 6 rings (SSSR count). The normalized spacial score (nSPS) is 11.0. The van der Waals surface area contributed by atoms with Crippen LogP contribution in [0.1, 0.15) is 0 Å². The van der Waals surface area contributed by atoms with Crippen molar-refractivity contribution in [3.63, 3.8) is 0 Å². The topological polar surface area (TPSA) is 25.8 Å². The molecule has 2 heterocycles. The maximum Gasteiger partial charge on any atom is 0.0991 e. The van der Waals surface area contributed by atoms with Gasteiger partial charge in [0, 0.05) is 11.1 Å². The van der Waals surface area contributed by atoms with Crippen LogP contribution in [0.25, 0.3) is 43.4 Å². The van der Waals surface area contributed by atoms with E-state index >= 15 is 0 Å². The Hall–Kier alpha value is -3.16. The van der Waals surface area contributed by atoms with Gasteiger partial charge in [0.1, 0.15) is 0 Å². The zero-order valence-corrected chi connectivity index (χ0v) is 22.3. The Morgan fingerprint density at radius 3 is 1.03 bits per heavy atom. The minimum absolute atomic E-state index is 1.03. The first-order valence-corrected chi connectivity index (χ1v) is 15.1. The average molecular weight is 537 g/mol. The van der Waals surface area contributed by atoms with Crippen molar-refractivity contribution < 1.29 is 0 Å². The maximum atomic E-state index is 4.92. The summed E-state index contributed by atoms with van der Waals surface area (Å²) >= 11 is 3.13. The molecule has 4 aromatic carbocycles. The summed E-state index contributed by atoms with van der Waals surface area (Å²) in [5.74, 6) is 0. The zero-order chi connectivity index (χ0) is 24.2. The van der Waals surface area contributed by atoms with Crippen LogP contribution in [-0.2, 0) is 0 Å². The first-order valence-electron chi connectivity index (χ1n) is 11.4. The van der Waals surface area contributed by atoms with E-state index in [4.69, 9.17) is 8.75 Å². The average Bonchev–Trinajstić information content (AvgIpc) is 3.58. The van der Waals surface area contributed by atoms with E-state index in [9.17, 15) is 0 Å². The van der Waals surface area contributed by atoms with Crippen LogP contribution in [0, 0.1) is 0 Å². The van der Waals surface area contributed by atoms with Gasteiger partial charge in [-0.1, -0.05) is 121 Å². The van der Waals surface area contributed by atoms with Crippen molar-refractivity contribution in [1.29, 1.82) is 0 Å². The minimum atomic E-state index is 1.03. The van der Waals surface area contributed by atoms with E-state index in [0.29, 0.717) is 0 Å². The molecule has 0 N–H and O–H groups in total. The van der Waals surface area contributed by atoms with Gasteiger partial charge in [-0.25, -0.2) is 0 Å². The molecule has 0 aliphatic carbocycles. The Morgan fingerprint density at radius 1 is 0.389 bits per heavy atom. The molecule has 174 valence electrons. The Labute approximate surface area is 226 Å². The summed E-state index contributed by atoms with van der Waals surface area (Å²) in [6, 6.07) is 42.0. The van der Waals surface area contributed by atoms with E-state index in [-0.39, 0.29) is 0 Å². The molecule has 0 aliphatic heterocycles. The molecule has 0 spiro atoms. The lowest BCUT2D eigenvalue weighted by atomic mass is 10.1. The molecule has 6 aromatic rings. The molecule has 6 heteroatoms. The lowest BCUT2D eigenvalue weighted by molar-refractivity contribution is 1.41. The van der Waals surface area contributed by atoms with E-state index in [1.54, 1.807) is 44.7 Å². The van der Waals surface area contributed by atoms with Crippen LogP contribution >= 0.6 is 44.7 Å². The number of aromatic nitrogens is 2. The van der Waals surface area contributed by atoms with Gasteiger partial charge in [-0.3, -0.25) is 0 Å². The molecular weight excluding hydrogens is 517 g/mol. The number of benzene rings is 4. The van der Waals surface area contributed by atoms with Crippen molar-refractivity contribution in [3.05, 3.63) is 121 Å². The van der Waals surface area contributed by atoms with Crippen LogP contribution in [0.15, 0.2) is 131 Å². The molecule has 0 amide bonds. The number of hydrogen-bond donors (Lipinski definition) is 0. The highest BCUT2D eigenvalue weighted by Crippen LogP contribution is 2.53. The molecule has 0 fully saturated rings. The van der Waals surface area contributed by atoms with Crippen LogP contribution in [0.5, 0.6) is 0 Å². The number of hydrogen-bond acceptors (Lipinski definition) is 6. The fraction of sp³-hybridized carbons (Fsp3) is 0. The molecular formula is C30H20N2S4. The molecule has 0 aliphatic rings. The minimum Gasteiger partial charge on any atom is -0.191 e. The first-order chi connectivity index (χ1) is 17.9. The van der Waals surface area contributed by atoms with Crippen LogP contribution in [0.4, 0.5) is 0 Å². The summed E-state index contributed by atoms with van der Waals surface area (Å²) < 4.78 is 9.84. The summed E-state index contributed by atoms with van der Waals surface area (Å²) in [7, 11) is 3.55. The molecule has 0 unspecified atom stereocenters. The highest BCUT2D eigenvalue weighted by Gasteiger charge is 2.22. The lowest BCUT2D eigenvalue weighted by Gasteiger charge is -2.09. The fourth-order valence-electron chi connectivity index (χ4n) is 3.91. The van der Waals surface area contributed by atoms with Crippen molar-refractivity contribution in [1.82, 2.24) is 8.75 Å². The van der Waals surface area contributed by atoms with Crippen LogP contribution in [0.3, 0.4) is 0 Å². The third-order valence-electron chi connectivity index (χ3n) is 5.67. The Bertz CT molecular complexity index is 1330. The Kier molecular flexibility index (Phi) is 7.01. The van der Waals surface area contributed by atoms with Gasteiger partial charge in [-0.05, 0) is 55.8 Å². The summed E-state index contributed by atoms with van der Waals surface area (Å²) in [5, 5.41) is 0. The van der Waals surface area contributed by atoms with Crippen LogP contribution in [0.2, 0.25) is 0 Å². The molecule has 0 saturated heterocycles. The number of rotatable bonds is 7. The van der Waals surface area contributed by atoms with Crippen molar-refractivity contribution in [2.75, 3.05) is 0 Å². The molecule has 2 nitrogen and oxygen atoms in total. The second kappa shape index (κ2) is 10.8. The molecule has 0 saturated carbocycles. The van der Waals surface area contributed by atoms with E-state index in [2.05, 4.69) is 109 Å². The van der Waals surface area contributed by atoms with Gasteiger partial charge in [-0.2, -0.15) is 8.75 Å². The molecule has 0 radical (unpaired) electrons. The predicted molar refractivity (Wildman–Crippen MR) is 158 cm³/mol. The lowest BCUT2D eigenvalue weighted by Crippen LogP contribution is -1.83. The standard InChI is InChI=1S/C30H20N2S4/c1-5-13-21(14-6-1)25-29(27(33-31-25)23-17-9-3-10-18-23)35-36-30-26(22-15-7-2-8-16-22)32-34-28(30)24-19-11-4-12-20-24/h1-20H. The van der Waals surface area contributed by atoms with Crippen molar-refractivity contribution in [3.8, 4) is 43.4 Å². The SMILES string of the molecule is c1ccc(-c2nsc(-c3ccccc3)c2SSc2c(-c3ccccc3)nsc2-c2ccccc2)cc1. The highest BCUT2D eigenvalue weighted by atomic mass is 33.1. The van der Waals surface area contributed by atoms with E-state index in [1.807, 2.05) is 12.1 Å². The predicted octanol–water partition coefficient (Wildman–Crippen LogP) is 10.1. The van der Waals surface area contributed by atoms with Crippen molar-refractivity contribution in [2.45, 2.75) is 9.79 Å². The van der Waals surface area contributed by atoms with Gasteiger partial charge >= 0.3 is 0 Å². The van der Waals surface area contributed by atoms with E-state index in [0.717, 1.165) is 22.5 Å². The van der Waals surface area contributed by atoms with Gasteiger partial charge < -0.3 is 0 Å². The third-order valence-corrected chi connectivity index (χ3v) is 10.2. The zero-order valence-electron chi connectivity index (χ0n) is 19.1. The summed E-state index contributed by atoms with van der Waals surface area (Å²) in [6.45, 7) is 0. The van der Waals surface area contributed by atoms with Gasteiger partial charge in [0.15, 0.2) is 0 Å². The molecule has 36 heavy (non-hydrogen) atoms. The Balaban J connectivity index is 1.45. The molecule has 0 bridgehead atoms. The fourth-order valence-corrected chi connectivity index (χ4v) is 8.93. The monoisotopic (exact) mass is 536 g/mol. The quantitative estimate of drug-likeness (QED) is 0.190. The van der Waals surface area contributed by atoms with E-state index < -0.39 is 0 Å².